The van der Waals surface area contributed by atoms with Crippen LogP contribution in [0.4, 0.5) is 11.4 Å². The topological polar surface area (TPSA) is 45.2 Å². The molecule has 1 amide bonds. The van der Waals surface area contributed by atoms with E-state index in [0.29, 0.717) is 6.61 Å². The van der Waals surface area contributed by atoms with E-state index in [4.69, 9.17) is 9.47 Å². The van der Waals surface area contributed by atoms with E-state index >= 15 is 0 Å². The van der Waals surface area contributed by atoms with Crippen molar-refractivity contribution < 1.29 is 14.3 Å². The normalized spacial score (nSPS) is 18.3. The van der Waals surface area contributed by atoms with Crippen LogP contribution in [-0.4, -0.2) is 56.8 Å². The zero-order valence-corrected chi connectivity index (χ0v) is 21.5. The minimum absolute atomic E-state index is 0.125. The molecular weight excluding hydrogens is 438 g/mol. The molecule has 4 rings (SSSR count). The van der Waals surface area contributed by atoms with Crippen LogP contribution < -0.4 is 14.5 Å². The van der Waals surface area contributed by atoms with Crippen LogP contribution in [-0.2, 0) is 22.6 Å². The van der Waals surface area contributed by atoms with Crippen molar-refractivity contribution in [1.82, 2.24) is 4.90 Å². The predicted molar refractivity (Wildman–Crippen MR) is 142 cm³/mol. The molecule has 6 nitrogen and oxygen atoms in total. The Labute approximate surface area is 210 Å². The molecule has 2 aromatic rings. The third kappa shape index (κ3) is 7.21. The number of hydrogen-bond donors (Lipinski definition) is 0. The summed E-state index contributed by atoms with van der Waals surface area (Å²) in [7, 11) is 0. The zero-order valence-electron chi connectivity index (χ0n) is 21.5. The molecule has 2 heterocycles. The van der Waals surface area contributed by atoms with E-state index in [2.05, 4.69) is 52.3 Å². The van der Waals surface area contributed by atoms with Gasteiger partial charge in [-0.3, -0.25) is 9.69 Å². The van der Waals surface area contributed by atoms with Gasteiger partial charge in [-0.1, -0.05) is 31.4 Å². The largest absolute Gasteiger partial charge is 0.494 e. The van der Waals surface area contributed by atoms with E-state index in [1.807, 2.05) is 11.8 Å². The van der Waals surface area contributed by atoms with Crippen molar-refractivity contribution in [3.8, 4) is 5.75 Å². The second kappa shape index (κ2) is 12.9. The third-order valence-electron chi connectivity index (χ3n) is 7.00. The van der Waals surface area contributed by atoms with Gasteiger partial charge in [-0.2, -0.15) is 0 Å². The Morgan fingerprint density at radius 2 is 1.63 bits per heavy atom. The average Bonchev–Trinajstić information content (AvgIpc) is 2.87. The highest BCUT2D eigenvalue weighted by molar-refractivity contribution is 5.92. The van der Waals surface area contributed by atoms with E-state index in [1.165, 1.54) is 42.5 Å². The lowest BCUT2D eigenvalue weighted by atomic mass is 10.0. The maximum atomic E-state index is 12.7. The van der Waals surface area contributed by atoms with Crippen molar-refractivity contribution in [1.29, 1.82) is 0 Å². The summed E-state index contributed by atoms with van der Waals surface area (Å²) in [6.45, 7) is 11.3. The van der Waals surface area contributed by atoms with E-state index in [-0.39, 0.29) is 5.91 Å². The van der Waals surface area contributed by atoms with Gasteiger partial charge in [0.1, 0.15) is 5.75 Å². The van der Waals surface area contributed by atoms with E-state index < -0.39 is 0 Å². The molecule has 6 heteroatoms. The summed E-state index contributed by atoms with van der Waals surface area (Å²) >= 11 is 0. The van der Waals surface area contributed by atoms with Gasteiger partial charge >= 0.3 is 0 Å². The van der Waals surface area contributed by atoms with Crippen LogP contribution in [0.25, 0.3) is 0 Å². The Morgan fingerprint density at radius 1 is 0.914 bits per heavy atom. The molecule has 0 bridgehead atoms. The van der Waals surface area contributed by atoms with Gasteiger partial charge in [-0.05, 0) is 67.8 Å². The van der Waals surface area contributed by atoms with E-state index in [0.717, 1.165) is 70.3 Å². The smallest absolute Gasteiger partial charge is 0.223 e. The quantitative estimate of drug-likeness (QED) is 0.587. The molecule has 0 saturated carbocycles. The number of anilines is 2. The number of nitrogens with zero attached hydrogens (tertiary/aromatic N) is 3. The molecule has 2 aromatic carbocycles. The lowest BCUT2D eigenvalue weighted by Crippen LogP contribution is -2.36. The van der Waals surface area contributed by atoms with Gasteiger partial charge < -0.3 is 19.3 Å². The Balaban J connectivity index is 1.63. The van der Waals surface area contributed by atoms with Crippen LogP contribution in [0.1, 0.15) is 57.1 Å². The Kier molecular flexibility index (Phi) is 9.43. The molecule has 35 heavy (non-hydrogen) atoms. The number of rotatable bonds is 5. The van der Waals surface area contributed by atoms with E-state index in [9.17, 15) is 4.79 Å². The molecule has 1 saturated heterocycles. The number of fused-ring (bicyclic) bond motifs is 1. The summed E-state index contributed by atoms with van der Waals surface area (Å²) in [5.41, 5.74) is 4.81. The molecule has 0 N–H and O–H groups in total. The van der Waals surface area contributed by atoms with Gasteiger partial charge in [-0.25, -0.2) is 0 Å². The SMILES string of the molecule is CCOc1ccc(CN2CCCCCCCN(C(C)=O)c3ccc(N4CCOCC4)cc3C2)cc1. The standard InChI is InChI=1S/C29H41N3O3/c1-3-35-28-12-9-25(10-13-28)22-30-15-7-5-4-6-8-16-32(24(2)33)29-14-11-27(21-26(29)23-30)31-17-19-34-20-18-31/h9-14,21H,3-8,15-20,22-23H2,1-2H3. The molecule has 0 spiro atoms. The maximum absolute atomic E-state index is 12.7. The monoisotopic (exact) mass is 479 g/mol. The van der Waals surface area contributed by atoms with Gasteiger partial charge in [0, 0.05) is 51.0 Å². The molecular formula is C29H41N3O3. The second-order valence-electron chi connectivity index (χ2n) is 9.64. The lowest BCUT2D eigenvalue weighted by Gasteiger charge is -2.32. The third-order valence-corrected chi connectivity index (χ3v) is 7.00. The zero-order chi connectivity index (χ0) is 24.5. The number of hydrogen-bond acceptors (Lipinski definition) is 5. The summed E-state index contributed by atoms with van der Waals surface area (Å²) in [5, 5.41) is 0. The first kappa shape index (κ1) is 25.5. The first-order valence-electron chi connectivity index (χ1n) is 13.3. The van der Waals surface area contributed by atoms with Crippen molar-refractivity contribution in [2.45, 2.75) is 59.0 Å². The maximum Gasteiger partial charge on any atom is 0.223 e. The number of morpholine rings is 1. The molecule has 1 fully saturated rings. The van der Waals surface area contributed by atoms with Gasteiger partial charge in [0.25, 0.3) is 0 Å². The average molecular weight is 480 g/mol. The fourth-order valence-electron chi connectivity index (χ4n) is 5.13. The van der Waals surface area contributed by atoms with Gasteiger partial charge in [0.05, 0.1) is 19.8 Å². The molecule has 0 radical (unpaired) electrons. The summed E-state index contributed by atoms with van der Waals surface area (Å²) < 4.78 is 11.2. The number of carbonyl (C=O) groups excluding carboxylic acids is 1. The highest BCUT2D eigenvalue weighted by atomic mass is 16.5. The molecule has 0 unspecified atom stereocenters. The molecule has 190 valence electrons. The predicted octanol–water partition coefficient (Wildman–Crippen LogP) is 5.24. The number of benzene rings is 2. The minimum atomic E-state index is 0.125. The highest BCUT2D eigenvalue weighted by Gasteiger charge is 2.21. The van der Waals surface area contributed by atoms with E-state index in [1.54, 1.807) is 6.92 Å². The first-order chi connectivity index (χ1) is 17.1. The summed E-state index contributed by atoms with van der Waals surface area (Å²) in [6.07, 6.45) is 5.89. The molecule has 0 atom stereocenters. The van der Waals surface area contributed by atoms with Crippen molar-refractivity contribution >= 4 is 17.3 Å². The number of carbonyl (C=O) groups is 1. The van der Waals surface area contributed by atoms with Crippen LogP contribution in [0.2, 0.25) is 0 Å². The molecule has 2 aliphatic heterocycles. The van der Waals surface area contributed by atoms with Gasteiger partial charge in [0.15, 0.2) is 0 Å². The van der Waals surface area contributed by atoms with Gasteiger partial charge in [-0.15, -0.1) is 0 Å². The molecule has 2 aliphatic rings. The summed E-state index contributed by atoms with van der Waals surface area (Å²) in [6, 6.07) is 15.1. The molecule has 0 aliphatic carbocycles. The highest BCUT2D eigenvalue weighted by Crippen LogP contribution is 2.30. The van der Waals surface area contributed by atoms with Crippen LogP contribution in [0.5, 0.6) is 5.75 Å². The minimum Gasteiger partial charge on any atom is -0.494 e. The van der Waals surface area contributed by atoms with Gasteiger partial charge in [0.2, 0.25) is 5.91 Å². The van der Waals surface area contributed by atoms with Crippen molar-refractivity contribution in [3.63, 3.8) is 0 Å². The van der Waals surface area contributed by atoms with Crippen molar-refractivity contribution in [2.75, 3.05) is 55.8 Å². The summed E-state index contributed by atoms with van der Waals surface area (Å²) in [4.78, 5) is 19.6. The number of amides is 1. The summed E-state index contributed by atoms with van der Waals surface area (Å²) in [5.74, 6) is 1.04. The van der Waals surface area contributed by atoms with Crippen LogP contribution in [0.3, 0.4) is 0 Å². The fraction of sp³-hybridized carbons (Fsp3) is 0.552. The van der Waals surface area contributed by atoms with Crippen LogP contribution in [0, 0.1) is 0 Å². The van der Waals surface area contributed by atoms with Crippen molar-refractivity contribution in [2.24, 2.45) is 0 Å². The lowest BCUT2D eigenvalue weighted by molar-refractivity contribution is -0.116. The van der Waals surface area contributed by atoms with Crippen LogP contribution in [0.15, 0.2) is 42.5 Å². The Hall–Kier alpha value is -2.57. The first-order valence-corrected chi connectivity index (χ1v) is 13.3. The second-order valence-corrected chi connectivity index (χ2v) is 9.64. The Morgan fingerprint density at radius 3 is 2.34 bits per heavy atom. The molecule has 0 aromatic heterocycles. The number of ether oxygens (including phenoxy) is 2. The van der Waals surface area contributed by atoms with Crippen LogP contribution >= 0.6 is 0 Å². The fourth-order valence-corrected chi connectivity index (χ4v) is 5.13. The van der Waals surface area contributed by atoms with Crippen molar-refractivity contribution in [3.05, 3.63) is 53.6 Å². The Bertz CT molecular complexity index is 941.